The molecule has 162 valence electrons. The van der Waals surface area contributed by atoms with Gasteiger partial charge in [-0.05, 0) is 32.7 Å². The molecule has 1 aliphatic rings. The number of benzene rings is 5. The summed E-state index contributed by atoms with van der Waals surface area (Å²) in [6, 6.07) is 29.7. The molecule has 6 rings (SSSR count). The summed E-state index contributed by atoms with van der Waals surface area (Å²) in [5.41, 5.74) is 1.95. The summed E-state index contributed by atoms with van der Waals surface area (Å²) in [4.78, 5) is -0.520. The van der Waals surface area contributed by atoms with E-state index in [1.807, 2.05) is 72.8 Å². The number of hydrogen-bond donors (Lipinski definition) is 0. The van der Waals surface area contributed by atoms with Crippen LogP contribution in [0.15, 0.2) is 107 Å². The van der Waals surface area contributed by atoms with Gasteiger partial charge in [0.15, 0.2) is 0 Å². The standard InChI is InChI=1S/C26H16NO4S2/c28-32(29)25-23(21-13-5-9-17-7-1-3-11-19(17)21)15-16-24(26(25)33(30,31)27-32)22-14-6-10-18-8-2-4-12-20(18)22/h1-16H/q-1. The lowest BCUT2D eigenvalue weighted by Crippen LogP contribution is -1.99. The van der Waals surface area contributed by atoms with E-state index in [9.17, 15) is 16.8 Å². The van der Waals surface area contributed by atoms with E-state index in [2.05, 4.69) is 4.13 Å². The maximum Gasteiger partial charge on any atom is 0.114 e. The van der Waals surface area contributed by atoms with Gasteiger partial charge in [-0.15, -0.1) is 0 Å². The summed E-state index contributed by atoms with van der Waals surface area (Å²) in [6.07, 6.45) is 0. The van der Waals surface area contributed by atoms with Gasteiger partial charge in [0, 0.05) is 11.1 Å². The van der Waals surface area contributed by atoms with Crippen molar-refractivity contribution in [2.24, 2.45) is 0 Å². The minimum atomic E-state index is -4.41. The minimum absolute atomic E-state index is 0.260. The summed E-state index contributed by atoms with van der Waals surface area (Å²) in [5, 5.41) is 3.52. The first-order valence-electron chi connectivity index (χ1n) is 10.2. The van der Waals surface area contributed by atoms with Crippen LogP contribution < -0.4 is 0 Å². The first-order valence-corrected chi connectivity index (χ1v) is 13.1. The minimum Gasteiger partial charge on any atom is -0.427 e. The van der Waals surface area contributed by atoms with E-state index in [0.717, 1.165) is 21.5 Å². The Morgan fingerprint density at radius 1 is 0.424 bits per heavy atom. The molecule has 5 aromatic rings. The van der Waals surface area contributed by atoms with Gasteiger partial charge in [0.05, 0.1) is 9.79 Å². The maximum atomic E-state index is 13.1. The van der Waals surface area contributed by atoms with Gasteiger partial charge in [-0.25, -0.2) is 16.8 Å². The molecule has 0 aliphatic carbocycles. The highest BCUT2D eigenvalue weighted by atomic mass is 32.3. The van der Waals surface area contributed by atoms with E-state index in [1.54, 1.807) is 24.3 Å². The molecule has 33 heavy (non-hydrogen) atoms. The number of nitrogens with zero attached hydrogens (tertiary/aromatic N) is 1. The molecule has 1 heterocycles. The molecule has 5 aromatic carbocycles. The first kappa shape index (κ1) is 20.1. The summed E-state index contributed by atoms with van der Waals surface area (Å²) in [7, 11) is -8.81. The van der Waals surface area contributed by atoms with Crippen LogP contribution in [0, 0.1) is 0 Å². The van der Waals surface area contributed by atoms with Crippen LogP contribution in [0.3, 0.4) is 0 Å². The lowest BCUT2D eigenvalue weighted by atomic mass is 9.94. The first-order chi connectivity index (χ1) is 15.9. The fraction of sp³-hybridized carbons (Fsp3) is 0. The predicted molar refractivity (Wildman–Crippen MR) is 130 cm³/mol. The number of sulfonamides is 2. The highest BCUT2D eigenvalue weighted by Crippen LogP contribution is 2.50. The molecular weight excluding hydrogens is 454 g/mol. The molecule has 0 fully saturated rings. The highest BCUT2D eigenvalue weighted by Gasteiger charge is 2.34. The van der Waals surface area contributed by atoms with E-state index < -0.39 is 20.0 Å². The summed E-state index contributed by atoms with van der Waals surface area (Å²) in [5.74, 6) is 0. The molecule has 0 saturated carbocycles. The molecular formula is C26H16NO4S2-. The van der Waals surface area contributed by atoms with Crippen molar-refractivity contribution >= 4 is 41.6 Å². The topological polar surface area (TPSA) is 82.4 Å². The lowest BCUT2D eigenvalue weighted by Gasteiger charge is -2.16. The van der Waals surface area contributed by atoms with Gasteiger partial charge in [0.25, 0.3) is 0 Å². The van der Waals surface area contributed by atoms with Crippen LogP contribution in [-0.2, 0) is 20.0 Å². The quantitative estimate of drug-likeness (QED) is 0.312. The third-order valence-corrected chi connectivity index (χ3v) is 9.56. The summed E-state index contributed by atoms with van der Waals surface area (Å²) >= 11 is 0. The number of rotatable bonds is 2. The molecule has 0 aromatic heterocycles. The van der Waals surface area contributed by atoms with Crippen LogP contribution in [0.5, 0.6) is 0 Å². The zero-order valence-corrected chi connectivity index (χ0v) is 18.8. The Balaban J connectivity index is 1.76. The average molecular weight is 471 g/mol. The second kappa shape index (κ2) is 6.99. The van der Waals surface area contributed by atoms with Crippen molar-refractivity contribution in [2.75, 3.05) is 0 Å². The van der Waals surface area contributed by atoms with Crippen LogP contribution in [0.1, 0.15) is 0 Å². The van der Waals surface area contributed by atoms with Gasteiger partial charge >= 0.3 is 0 Å². The molecule has 0 spiro atoms. The third-order valence-electron chi connectivity index (χ3n) is 5.98. The Morgan fingerprint density at radius 3 is 1.27 bits per heavy atom. The van der Waals surface area contributed by atoms with Gasteiger partial charge in [-0.3, -0.25) is 0 Å². The van der Waals surface area contributed by atoms with E-state index in [0.29, 0.717) is 22.3 Å². The van der Waals surface area contributed by atoms with Gasteiger partial charge in [-0.2, -0.15) is 0 Å². The second-order valence-corrected chi connectivity index (χ2v) is 11.2. The van der Waals surface area contributed by atoms with Crippen LogP contribution in [0.4, 0.5) is 0 Å². The number of hydrogen-bond acceptors (Lipinski definition) is 4. The SMILES string of the molecule is O=S1(=O)[N-]S(=O)(=O)c2c(-c3cccc4ccccc34)ccc(-c3cccc4ccccc34)c21. The van der Waals surface area contributed by atoms with Crippen molar-refractivity contribution in [1.29, 1.82) is 0 Å². The highest BCUT2D eigenvalue weighted by molar-refractivity contribution is 8.14. The van der Waals surface area contributed by atoms with E-state index in [-0.39, 0.29) is 9.79 Å². The Morgan fingerprint density at radius 2 is 0.818 bits per heavy atom. The van der Waals surface area contributed by atoms with Crippen molar-refractivity contribution in [3.8, 4) is 22.3 Å². The summed E-state index contributed by atoms with van der Waals surface area (Å²) < 4.78 is 55.7. The molecule has 0 unspecified atom stereocenters. The van der Waals surface area contributed by atoms with Gasteiger partial charge in [0.1, 0.15) is 20.0 Å². The van der Waals surface area contributed by atoms with Crippen molar-refractivity contribution in [1.82, 2.24) is 0 Å². The Hall–Kier alpha value is -3.52. The van der Waals surface area contributed by atoms with Gasteiger partial charge in [0.2, 0.25) is 0 Å². The van der Waals surface area contributed by atoms with Gasteiger partial charge in [-0.1, -0.05) is 97.1 Å². The fourth-order valence-electron chi connectivity index (χ4n) is 4.62. The average Bonchev–Trinajstić information content (AvgIpc) is 3.02. The van der Waals surface area contributed by atoms with E-state index in [1.165, 1.54) is 0 Å². The molecule has 7 heteroatoms. The van der Waals surface area contributed by atoms with Crippen molar-refractivity contribution in [2.45, 2.75) is 9.79 Å². The van der Waals surface area contributed by atoms with Gasteiger partial charge < -0.3 is 4.13 Å². The molecule has 0 amide bonds. The van der Waals surface area contributed by atoms with Crippen LogP contribution in [-0.4, -0.2) is 16.8 Å². The van der Waals surface area contributed by atoms with E-state index >= 15 is 0 Å². The zero-order valence-electron chi connectivity index (χ0n) is 17.1. The predicted octanol–water partition coefficient (Wildman–Crippen LogP) is 6.09. The largest absolute Gasteiger partial charge is 0.427 e. The normalized spacial score (nSPS) is 16.1. The molecule has 0 N–H and O–H groups in total. The fourth-order valence-corrected chi connectivity index (χ4v) is 8.49. The number of fused-ring (bicyclic) bond motifs is 3. The monoisotopic (exact) mass is 470 g/mol. The maximum absolute atomic E-state index is 13.1. The Kier molecular flexibility index (Phi) is 4.26. The molecule has 0 atom stereocenters. The van der Waals surface area contributed by atoms with Crippen LogP contribution >= 0.6 is 0 Å². The molecule has 5 nitrogen and oxygen atoms in total. The van der Waals surface area contributed by atoms with Crippen molar-refractivity contribution in [3.05, 3.63) is 101 Å². The molecule has 0 saturated heterocycles. The lowest BCUT2D eigenvalue weighted by molar-refractivity contribution is 0.603. The Labute approximate surface area is 191 Å². The summed E-state index contributed by atoms with van der Waals surface area (Å²) in [6.45, 7) is 0. The zero-order chi connectivity index (χ0) is 22.8. The molecule has 0 bridgehead atoms. The second-order valence-electron chi connectivity index (χ2n) is 7.90. The smallest absolute Gasteiger partial charge is 0.114 e. The Bertz CT molecular complexity index is 1680. The third kappa shape index (κ3) is 3.01. The molecule has 1 aliphatic heterocycles. The molecule has 0 radical (unpaired) electrons. The van der Waals surface area contributed by atoms with Crippen molar-refractivity contribution < 1.29 is 16.8 Å². The van der Waals surface area contributed by atoms with E-state index in [4.69, 9.17) is 0 Å². The van der Waals surface area contributed by atoms with Crippen molar-refractivity contribution in [3.63, 3.8) is 0 Å². The van der Waals surface area contributed by atoms with Crippen LogP contribution in [0.2, 0.25) is 0 Å². The van der Waals surface area contributed by atoms with Crippen LogP contribution in [0.25, 0.3) is 47.9 Å².